The minimum Gasteiger partial charge on any atom is -0.444 e. The predicted octanol–water partition coefficient (Wildman–Crippen LogP) is 2.57. The van der Waals surface area contributed by atoms with Crippen molar-refractivity contribution in [3.05, 3.63) is 35.4 Å². The van der Waals surface area contributed by atoms with Crippen molar-refractivity contribution in [2.45, 2.75) is 39.2 Å². The Morgan fingerprint density at radius 2 is 1.64 bits per heavy atom. The minimum atomic E-state index is -0.509. The SMILES string of the molecule is CC(C)(C)OC(=O)N1CCN(C(=O)CCc2ccc(C#N)cc2)CC1. The number of rotatable bonds is 3. The second-order valence-electron chi connectivity index (χ2n) is 7.16. The number of carbonyl (C=O) groups excluding carboxylic acids is 2. The summed E-state index contributed by atoms with van der Waals surface area (Å²) in [6.07, 6.45) is 0.756. The number of nitrogens with zero attached hydrogens (tertiary/aromatic N) is 3. The van der Waals surface area contributed by atoms with Gasteiger partial charge in [0.05, 0.1) is 11.6 Å². The third-order valence-corrected chi connectivity index (χ3v) is 3.99. The smallest absolute Gasteiger partial charge is 0.410 e. The van der Waals surface area contributed by atoms with Crippen molar-refractivity contribution in [1.82, 2.24) is 9.80 Å². The molecule has 2 rings (SSSR count). The standard InChI is InChI=1S/C19H25N3O3/c1-19(2,3)25-18(24)22-12-10-21(11-13-22)17(23)9-8-15-4-6-16(14-20)7-5-15/h4-7H,8-13H2,1-3H3. The van der Waals surface area contributed by atoms with Crippen LogP contribution in [0, 0.1) is 11.3 Å². The quantitative estimate of drug-likeness (QED) is 0.845. The van der Waals surface area contributed by atoms with Gasteiger partial charge in [0.15, 0.2) is 0 Å². The minimum absolute atomic E-state index is 0.0909. The summed E-state index contributed by atoms with van der Waals surface area (Å²) in [5.74, 6) is 0.0909. The highest BCUT2D eigenvalue weighted by atomic mass is 16.6. The molecule has 1 heterocycles. The zero-order valence-electron chi connectivity index (χ0n) is 15.1. The Bertz CT molecular complexity index is 648. The van der Waals surface area contributed by atoms with Gasteiger partial charge < -0.3 is 14.5 Å². The zero-order chi connectivity index (χ0) is 18.4. The van der Waals surface area contributed by atoms with Crippen molar-refractivity contribution in [1.29, 1.82) is 5.26 Å². The Labute approximate surface area is 149 Å². The summed E-state index contributed by atoms with van der Waals surface area (Å²) < 4.78 is 5.36. The highest BCUT2D eigenvalue weighted by molar-refractivity contribution is 5.77. The Kier molecular flexibility index (Phi) is 6.02. The zero-order valence-corrected chi connectivity index (χ0v) is 15.1. The van der Waals surface area contributed by atoms with Crippen LogP contribution < -0.4 is 0 Å². The first-order valence-electron chi connectivity index (χ1n) is 8.53. The lowest BCUT2D eigenvalue weighted by Crippen LogP contribution is -2.51. The largest absolute Gasteiger partial charge is 0.444 e. The van der Waals surface area contributed by atoms with E-state index in [4.69, 9.17) is 10.00 Å². The monoisotopic (exact) mass is 343 g/mol. The number of nitriles is 1. The van der Waals surface area contributed by atoms with Gasteiger partial charge in [-0.05, 0) is 44.9 Å². The fourth-order valence-electron chi connectivity index (χ4n) is 2.62. The summed E-state index contributed by atoms with van der Waals surface area (Å²) >= 11 is 0. The molecule has 0 bridgehead atoms. The molecule has 0 aliphatic carbocycles. The van der Waals surface area contributed by atoms with Crippen molar-refractivity contribution in [3.8, 4) is 6.07 Å². The van der Waals surface area contributed by atoms with Gasteiger partial charge in [-0.25, -0.2) is 4.79 Å². The molecule has 134 valence electrons. The van der Waals surface area contributed by atoms with E-state index >= 15 is 0 Å². The maximum Gasteiger partial charge on any atom is 0.410 e. The molecule has 2 amide bonds. The van der Waals surface area contributed by atoms with Crippen LogP contribution in [-0.2, 0) is 16.0 Å². The van der Waals surface area contributed by atoms with Gasteiger partial charge in [0.2, 0.25) is 5.91 Å². The molecule has 6 nitrogen and oxygen atoms in total. The lowest BCUT2D eigenvalue weighted by Gasteiger charge is -2.35. The van der Waals surface area contributed by atoms with Crippen molar-refractivity contribution >= 4 is 12.0 Å². The number of piperazine rings is 1. The van der Waals surface area contributed by atoms with Gasteiger partial charge in [-0.1, -0.05) is 12.1 Å². The highest BCUT2D eigenvalue weighted by Crippen LogP contribution is 2.13. The second kappa shape index (κ2) is 8.02. The molecule has 25 heavy (non-hydrogen) atoms. The molecule has 1 aromatic carbocycles. The molecule has 0 radical (unpaired) electrons. The van der Waals surface area contributed by atoms with E-state index in [0.717, 1.165) is 5.56 Å². The van der Waals surface area contributed by atoms with E-state index in [1.807, 2.05) is 32.9 Å². The van der Waals surface area contributed by atoms with E-state index in [1.165, 1.54) is 0 Å². The topological polar surface area (TPSA) is 73.6 Å². The van der Waals surface area contributed by atoms with Crippen LogP contribution in [0.4, 0.5) is 4.79 Å². The molecule has 0 aromatic heterocycles. The molecule has 1 saturated heterocycles. The normalized spacial score (nSPS) is 14.8. The van der Waals surface area contributed by atoms with Crippen LogP contribution in [0.2, 0.25) is 0 Å². The predicted molar refractivity (Wildman–Crippen MR) is 93.9 cm³/mol. The first-order valence-corrected chi connectivity index (χ1v) is 8.53. The van der Waals surface area contributed by atoms with E-state index in [9.17, 15) is 9.59 Å². The van der Waals surface area contributed by atoms with Crippen LogP contribution in [0.25, 0.3) is 0 Å². The van der Waals surface area contributed by atoms with E-state index in [1.54, 1.807) is 21.9 Å². The summed E-state index contributed by atoms with van der Waals surface area (Å²) in [6.45, 7) is 7.58. The van der Waals surface area contributed by atoms with Crippen LogP contribution in [0.3, 0.4) is 0 Å². The first kappa shape index (κ1) is 18.8. The fraction of sp³-hybridized carbons (Fsp3) is 0.526. The van der Waals surface area contributed by atoms with E-state index < -0.39 is 5.60 Å². The van der Waals surface area contributed by atoms with Crippen molar-refractivity contribution in [3.63, 3.8) is 0 Å². The maximum absolute atomic E-state index is 12.3. The highest BCUT2D eigenvalue weighted by Gasteiger charge is 2.27. The number of hydrogen-bond donors (Lipinski definition) is 0. The third-order valence-electron chi connectivity index (χ3n) is 3.99. The van der Waals surface area contributed by atoms with E-state index in [-0.39, 0.29) is 12.0 Å². The summed E-state index contributed by atoms with van der Waals surface area (Å²) in [5, 5.41) is 8.79. The number of hydrogen-bond acceptors (Lipinski definition) is 4. The number of benzene rings is 1. The molecule has 0 saturated carbocycles. The van der Waals surface area contributed by atoms with Crippen LogP contribution in [0.1, 0.15) is 38.3 Å². The van der Waals surface area contributed by atoms with Gasteiger partial charge in [-0.2, -0.15) is 5.26 Å². The number of ether oxygens (including phenoxy) is 1. The van der Waals surface area contributed by atoms with Gasteiger partial charge in [-0.3, -0.25) is 4.79 Å². The summed E-state index contributed by atoms with van der Waals surface area (Å²) in [7, 11) is 0. The molecule has 1 aliphatic heterocycles. The molecule has 1 fully saturated rings. The van der Waals surface area contributed by atoms with Crippen LogP contribution in [0.5, 0.6) is 0 Å². The Hall–Kier alpha value is -2.55. The Morgan fingerprint density at radius 1 is 1.08 bits per heavy atom. The molecule has 1 aliphatic rings. The molecule has 0 N–H and O–H groups in total. The van der Waals surface area contributed by atoms with Crippen LogP contribution in [0.15, 0.2) is 24.3 Å². The van der Waals surface area contributed by atoms with Crippen LogP contribution >= 0.6 is 0 Å². The van der Waals surface area contributed by atoms with Crippen molar-refractivity contribution < 1.29 is 14.3 Å². The first-order chi connectivity index (χ1) is 11.8. The molecule has 0 atom stereocenters. The molecule has 1 aromatic rings. The maximum atomic E-state index is 12.3. The number of carbonyl (C=O) groups is 2. The van der Waals surface area contributed by atoms with Gasteiger partial charge in [0, 0.05) is 32.6 Å². The summed E-state index contributed by atoms with van der Waals surface area (Å²) in [5.41, 5.74) is 1.15. The Balaban J connectivity index is 1.77. The van der Waals surface area contributed by atoms with E-state index in [2.05, 4.69) is 6.07 Å². The average molecular weight is 343 g/mol. The summed E-state index contributed by atoms with van der Waals surface area (Å²) in [6, 6.07) is 9.37. The van der Waals surface area contributed by atoms with Crippen molar-refractivity contribution in [2.75, 3.05) is 26.2 Å². The van der Waals surface area contributed by atoms with Gasteiger partial charge in [-0.15, -0.1) is 0 Å². The molecular weight excluding hydrogens is 318 g/mol. The molecular formula is C19H25N3O3. The summed E-state index contributed by atoms with van der Waals surface area (Å²) in [4.78, 5) is 27.8. The number of amides is 2. The average Bonchev–Trinajstić information content (AvgIpc) is 2.58. The fourth-order valence-corrected chi connectivity index (χ4v) is 2.62. The number of aryl methyl sites for hydroxylation is 1. The van der Waals surface area contributed by atoms with E-state index in [0.29, 0.717) is 44.6 Å². The second-order valence-corrected chi connectivity index (χ2v) is 7.16. The van der Waals surface area contributed by atoms with Gasteiger partial charge >= 0.3 is 6.09 Å². The van der Waals surface area contributed by atoms with Crippen molar-refractivity contribution in [2.24, 2.45) is 0 Å². The lowest BCUT2D eigenvalue weighted by atomic mass is 10.1. The lowest BCUT2D eigenvalue weighted by molar-refractivity contribution is -0.132. The molecule has 0 unspecified atom stereocenters. The third kappa shape index (κ3) is 5.79. The van der Waals surface area contributed by atoms with Gasteiger partial charge in [0.25, 0.3) is 0 Å². The molecule has 6 heteroatoms. The van der Waals surface area contributed by atoms with Gasteiger partial charge in [0.1, 0.15) is 5.60 Å². The Morgan fingerprint density at radius 3 is 2.16 bits per heavy atom. The molecule has 0 spiro atoms. The van der Waals surface area contributed by atoms with Crippen LogP contribution in [-0.4, -0.2) is 53.6 Å².